The molecule has 3 aromatic rings. The molecular formula is C24H28Cl2N2O2S. The number of nitrogens with zero attached hydrogens (tertiary/aromatic N) is 2. The summed E-state index contributed by atoms with van der Waals surface area (Å²) in [4.78, 5) is 5.95. The van der Waals surface area contributed by atoms with Crippen molar-refractivity contribution in [1.82, 2.24) is 9.55 Å². The van der Waals surface area contributed by atoms with E-state index in [9.17, 15) is 0 Å². The number of aromatic nitrogens is 2. The van der Waals surface area contributed by atoms with Crippen LogP contribution in [0, 0.1) is 0 Å². The molecule has 0 fully saturated rings. The molecule has 0 spiro atoms. The van der Waals surface area contributed by atoms with Crippen molar-refractivity contribution in [1.29, 1.82) is 0 Å². The van der Waals surface area contributed by atoms with Crippen LogP contribution in [-0.2, 0) is 18.0 Å². The lowest BCUT2D eigenvalue weighted by molar-refractivity contribution is 0.0980. The molecule has 0 bridgehead atoms. The summed E-state index contributed by atoms with van der Waals surface area (Å²) in [6.45, 7) is 9.58. The lowest BCUT2D eigenvalue weighted by Crippen LogP contribution is -2.09. The fraction of sp³-hybridized carbons (Fsp3) is 0.375. The Balaban J connectivity index is 1.85. The number of benzene rings is 2. The SMILES string of the molecule is COc1ccc(COCc2nc(C(C)C)c(Sc3cc(Cl)cc(Cl)c3)n2C(C)C)cc1. The maximum Gasteiger partial charge on any atom is 0.136 e. The molecule has 2 aromatic carbocycles. The van der Waals surface area contributed by atoms with Gasteiger partial charge in [-0.25, -0.2) is 4.98 Å². The van der Waals surface area contributed by atoms with Crippen LogP contribution in [0.15, 0.2) is 52.4 Å². The highest BCUT2D eigenvalue weighted by molar-refractivity contribution is 7.99. The van der Waals surface area contributed by atoms with Crippen molar-refractivity contribution in [2.75, 3.05) is 7.11 Å². The van der Waals surface area contributed by atoms with Gasteiger partial charge >= 0.3 is 0 Å². The molecule has 0 aliphatic rings. The van der Waals surface area contributed by atoms with Gasteiger partial charge in [0, 0.05) is 21.0 Å². The molecule has 4 nitrogen and oxygen atoms in total. The second kappa shape index (κ2) is 10.8. The van der Waals surface area contributed by atoms with E-state index in [2.05, 4.69) is 32.3 Å². The van der Waals surface area contributed by atoms with Gasteiger partial charge in [0.15, 0.2) is 0 Å². The molecule has 7 heteroatoms. The van der Waals surface area contributed by atoms with E-state index in [4.69, 9.17) is 37.7 Å². The standard InChI is InChI=1S/C24H28Cl2N2O2S/c1-15(2)23-24(31-21-11-18(25)10-19(26)12-21)28(16(3)4)22(27-23)14-30-13-17-6-8-20(29-5)9-7-17/h6-12,15-16H,13-14H2,1-5H3. The average molecular weight is 479 g/mol. The van der Waals surface area contributed by atoms with Gasteiger partial charge in [0.25, 0.3) is 0 Å². The summed E-state index contributed by atoms with van der Waals surface area (Å²) in [5, 5.41) is 2.35. The van der Waals surface area contributed by atoms with Gasteiger partial charge in [0.2, 0.25) is 0 Å². The Morgan fingerprint density at radius 1 is 0.968 bits per heavy atom. The van der Waals surface area contributed by atoms with Gasteiger partial charge < -0.3 is 14.0 Å². The highest BCUT2D eigenvalue weighted by Gasteiger charge is 2.22. The summed E-state index contributed by atoms with van der Waals surface area (Å²) < 4.78 is 13.5. The van der Waals surface area contributed by atoms with Crippen molar-refractivity contribution in [3.63, 3.8) is 0 Å². The van der Waals surface area contributed by atoms with Gasteiger partial charge in [0.1, 0.15) is 23.2 Å². The molecule has 0 radical (unpaired) electrons. The van der Waals surface area contributed by atoms with E-state index < -0.39 is 0 Å². The minimum atomic E-state index is 0.233. The molecule has 1 aromatic heterocycles. The summed E-state index contributed by atoms with van der Waals surface area (Å²) in [5.41, 5.74) is 2.15. The normalized spacial score (nSPS) is 11.5. The Hall–Kier alpha value is -1.66. The Bertz CT molecular complexity index is 997. The zero-order valence-electron chi connectivity index (χ0n) is 18.5. The number of ether oxygens (including phenoxy) is 2. The van der Waals surface area contributed by atoms with E-state index in [-0.39, 0.29) is 12.0 Å². The Labute approximate surface area is 198 Å². The van der Waals surface area contributed by atoms with E-state index in [1.54, 1.807) is 24.9 Å². The lowest BCUT2D eigenvalue weighted by Gasteiger charge is -2.17. The molecule has 0 atom stereocenters. The van der Waals surface area contributed by atoms with Gasteiger partial charge in [-0.15, -0.1) is 0 Å². The van der Waals surface area contributed by atoms with Gasteiger partial charge in [-0.05, 0) is 55.7 Å². The van der Waals surface area contributed by atoms with E-state index in [1.807, 2.05) is 36.4 Å². The molecule has 31 heavy (non-hydrogen) atoms. The minimum absolute atomic E-state index is 0.233. The third-order valence-electron chi connectivity index (χ3n) is 4.74. The van der Waals surface area contributed by atoms with Gasteiger partial charge in [0.05, 0.1) is 19.4 Å². The van der Waals surface area contributed by atoms with Crippen LogP contribution >= 0.6 is 35.0 Å². The molecule has 0 saturated carbocycles. The number of rotatable bonds is 9. The molecule has 0 aliphatic carbocycles. The first-order chi connectivity index (χ1) is 14.8. The predicted molar refractivity (Wildman–Crippen MR) is 129 cm³/mol. The lowest BCUT2D eigenvalue weighted by atomic mass is 10.1. The van der Waals surface area contributed by atoms with Crippen molar-refractivity contribution in [2.45, 2.75) is 62.8 Å². The molecule has 0 unspecified atom stereocenters. The van der Waals surface area contributed by atoms with E-state index in [1.165, 1.54) is 0 Å². The smallest absolute Gasteiger partial charge is 0.136 e. The molecule has 0 amide bonds. The second-order valence-electron chi connectivity index (χ2n) is 7.88. The summed E-state index contributed by atoms with van der Waals surface area (Å²) >= 11 is 14.1. The van der Waals surface area contributed by atoms with Crippen LogP contribution in [0.1, 0.15) is 56.7 Å². The maximum atomic E-state index is 6.22. The van der Waals surface area contributed by atoms with E-state index in [0.29, 0.717) is 23.3 Å². The quantitative estimate of drug-likeness (QED) is 0.314. The van der Waals surface area contributed by atoms with Crippen molar-refractivity contribution in [2.24, 2.45) is 0 Å². The number of methoxy groups -OCH3 is 1. The number of hydrogen-bond acceptors (Lipinski definition) is 4. The first-order valence-electron chi connectivity index (χ1n) is 10.2. The summed E-state index contributed by atoms with van der Waals surface area (Å²) in [5.74, 6) is 2.03. The molecule has 0 aliphatic heterocycles. The average Bonchev–Trinajstić information content (AvgIpc) is 3.06. The third-order valence-corrected chi connectivity index (χ3v) is 6.25. The van der Waals surface area contributed by atoms with E-state index >= 15 is 0 Å². The van der Waals surface area contributed by atoms with Gasteiger partial charge in [-0.3, -0.25) is 0 Å². The summed E-state index contributed by atoms with van der Waals surface area (Å²) in [6.07, 6.45) is 0. The zero-order chi connectivity index (χ0) is 22.5. The third kappa shape index (κ3) is 6.19. The number of hydrogen-bond donors (Lipinski definition) is 0. The molecule has 0 saturated heterocycles. The predicted octanol–water partition coefficient (Wildman–Crippen LogP) is 7.77. The first-order valence-corrected chi connectivity index (χ1v) is 11.8. The fourth-order valence-corrected chi connectivity index (χ4v) is 5.33. The van der Waals surface area contributed by atoms with Crippen molar-refractivity contribution >= 4 is 35.0 Å². The topological polar surface area (TPSA) is 36.3 Å². The van der Waals surface area contributed by atoms with Gasteiger partial charge in [-0.2, -0.15) is 0 Å². The minimum Gasteiger partial charge on any atom is -0.497 e. The van der Waals surface area contributed by atoms with Crippen LogP contribution in [0.25, 0.3) is 0 Å². The highest BCUT2D eigenvalue weighted by Crippen LogP contribution is 2.38. The van der Waals surface area contributed by atoms with Crippen LogP contribution in [0.2, 0.25) is 10.0 Å². The first kappa shape index (κ1) is 24.0. The van der Waals surface area contributed by atoms with Crippen LogP contribution in [-0.4, -0.2) is 16.7 Å². The summed E-state index contributed by atoms with van der Waals surface area (Å²) in [7, 11) is 1.66. The molecular weight excluding hydrogens is 451 g/mol. The highest BCUT2D eigenvalue weighted by atomic mass is 35.5. The Kier molecular flexibility index (Phi) is 8.34. The largest absolute Gasteiger partial charge is 0.497 e. The zero-order valence-corrected chi connectivity index (χ0v) is 20.8. The van der Waals surface area contributed by atoms with Crippen LogP contribution in [0.3, 0.4) is 0 Å². The molecule has 0 N–H and O–H groups in total. The van der Waals surface area contributed by atoms with E-state index in [0.717, 1.165) is 32.8 Å². The Morgan fingerprint density at radius 2 is 1.61 bits per heavy atom. The number of imidazole rings is 1. The maximum absolute atomic E-state index is 6.22. The summed E-state index contributed by atoms with van der Waals surface area (Å²) in [6, 6.07) is 13.7. The monoisotopic (exact) mass is 478 g/mol. The van der Waals surface area contributed by atoms with Crippen LogP contribution < -0.4 is 4.74 Å². The van der Waals surface area contributed by atoms with Crippen molar-refractivity contribution in [3.8, 4) is 5.75 Å². The fourth-order valence-electron chi connectivity index (χ4n) is 3.27. The Morgan fingerprint density at radius 3 is 2.16 bits per heavy atom. The van der Waals surface area contributed by atoms with Crippen LogP contribution in [0.4, 0.5) is 0 Å². The van der Waals surface area contributed by atoms with Crippen LogP contribution in [0.5, 0.6) is 5.75 Å². The molecule has 1 heterocycles. The van der Waals surface area contributed by atoms with Gasteiger partial charge in [-0.1, -0.05) is 60.9 Å². The van der Waals surface area contributed by atoms with Crippen molar-refractivity contribution < 1.29 is 9.47 Å². The molecule has 166 valence electrons. The van der Waals surface area contributed by atoms with Crippen molar-refractivity contribution in [3.05, 3.63) is 69.6 Å². The number of halogens is 2. The second-order valence-corrected chi connectivity index (χ2v) is 9.82. The molecule has 3 rings (SSSR count).